The van der Waals surface area contributed by atoms with Crippen LogP contribution in [0.2, 0.25) is 0 Å². The van der Waals surface area contributed by atoms with Crippen molar-refractivity contribution in [3.8, 4) is 5.88 Å². The van der Waals surface area contributed by atoms with E-state index in [0.717, 1.165) is 50.2 Å². The lowest BCUT2D eigenvalue weighted by Crippen LogP contribution is -2.55. The summed E-state index contributed by atoms with van der Waals surface area (Å²) >= 11 is 0. The van der Waals surface area contributed by atoms with Crippen LogP contribution in [-0.2, 0) is 6.54 Å². The fraction of sp³-hybridized carbons (Fsp3) is 0.833. The first-order chi connectivity index (χ1) is 14.7. The Morgan fingerprint density at radius 2 is 1.87 bits per heavy atom. The van der Waals surface area contributed by atoms with Gasteiger partial charge in [-0.2, -0.15) is 5.10 Å². The fourth-order valence-electron chi connectivity index (χ4n) is 6.91. The molecule has 2 N–H and O–H groups in total. The third kappa shape index (κ3) is 4.12. The van der Waals surface area contributed by atoms with Crippen LogP contribution in [0.5, 0.6) is 5.88 Å². The van der Waals surface area contributed by atoms with Crippen LogP contribution in [0.4, 0.5) is 0 Å². The Balaban J connectivity index is 1.26. The maximum atomic E-state index is 13.3. The summed E-state index contributed by atoms with van der Waals surface area (Å²) in [6.07, 6.45) is 12.9. The average Bonchev–Trinajstić information content (AvgIpc) is 3.16. The normalized spacial score (nSPS) is 33.0. The summed E-state index contributed by atoms with van der Waals surface area (Å²) in [5, 5.41) is 11.4. The molecule has 5 aliphatic rings. The monoisotopic (exact) mass is 414 g/mol. The van der Waals surface area contributed by atoms with E-state index in [1.54, 1.807) is 6.20 Å². The number of nitrogens with one attached hydrogen (secondary N) is 2. The van der Waals surface area contributed by atoms with Crippen LogP contribution in [0.1, 0.15) is 75.1 Å². The molecule has 0 radical (unpaired) electrons. The SMILES string of the molecule is CCCOc1c(C(=O)NC2C3CC4CC(C3)CC2C4)cnn1CCC1CCNCC1. The van der Waals surface area contributed by atoms with E-state index in [1.807, 2.05) is 4.68 Å². The number of hydrogen-bond donors (Lipinski definition) is 2. The highest BCUT2D eigenvalue weighted by Crippen LogP contribution is 2.53. The van der Waals surface area contributed by atoms with Gasteiger partial charge in [-0.3, -0.25) is 4.79 Å². The van der Waals surface area contributed by atoms with Gasteiger partial charge >= 0.3 is 0 Å². The Morgan fingerprint density at radius 3 is 2.53 bits per heavy atom. The number of carbonyl (C=O) groups is 1. The summed E-state index contributed by atoms with van der Waals surface area (Å²) in [7, 11) is 0. The fourth-order valence-corrected chi connectivity index (χ4v) is 6.91. The lowest BCUT2D eigenvalue weighted by atomic mass is 9.54. The molecule has 1 saturated heterocycles. The highest BCUT2D eigenvalue weighted by molar-refractivity contribution is 5.96. The summed E-state index contributed by atoms with van der Waals surface area (Å²) in [6, 6.07) is 0.349. The van der Waals surface area contributed by atoms with E-state index in [9.17, 15) is 4.79 Å². The molecule has 0 spiro atoms. The maximum absolute atomic E-state index is 13.3. The molecule has 6 nitrogen and oxygen atoms in total. The first-order valence-electron chi connectivity index (χ1n) is 12.4. The first kappa shape index (κ1) is 20.3. The predicted octanol–water partition coefficient (Wildman–Crippen LogP) is 3.62. The molecule has 0 aromatic carbocycles. The van der Waals surface area contributed by atoms with E-state index in [1.165, 1.54) is 44.9 Å². The van der Waals surface area contributed by atoms with Crippen molar-refractivity contribution in [2.45, 2.75) is 77.3 Å². The molecule has 1 aromatic heterocycles. The summed E-state index contributed by atoms with van der Waals surface area (Å²) in [6.45, 7) is 5.78. The van der Waals surface area contributed by atoms with Crippen molar-refractivity contribution in [2.75, 3.05) is 19.7 Å². The number of piperidine rings is 1. The minimum absolute atomic E-state index is 0.0201. The number of rotatable bonds is 8. The van der Waals surface area contributed by atoms with Crippen molar-refractivity contribution < 1.29 is 9.53 Å². The zero-order valence-electron chi connectivity index (χ0n) is 18.4. The second-order valence-electron chi connectivity index (χ2n) is 10.3. The number of carbonyl (C=O) groups excluding carboxylic acids is 1. The van der Waals surface area contributed by atoms with E-state index < -0.39 is 0 Å². The van der Waals surface area contributed by atoms with Gasteiger partial charge in [-0.05, 0) is 100 Å². The standard InChI is InChI=1S/C24H38N4O2/c1-2-9-30-24-21(15-26-28(24)8-5-16-3-6-25-7-4-16)23(29)27-22-19-11-17-10-18(13-19)14-20(22)12-17/h15-20,22,25H,2-14H2,1H3,(H,27,29). The Bertz CT molecular complexity index is 712. The lowest BCUT2D eigenvalue weighted by molar-refractivity contribution is -0.0120. The molecule has 1 aliphatic heterocycles. The molecular formula is C24H38N4O2. The molecular weight excluding hydrogens is 376 g/mol. The molecule has 6 heteroatoms. The van der Waals surface area contributed by atoms with Crippen molar-refractivity contribution >= 4 is 5.91 Å². The molecule has 4 aliphatic carbocycles. The molecule has 0 unspecified atom stereocenters. The number of ether oxygens (including phenoxy) is 1. The van der Waals surface area contributed by atoms with Gasteiger partial charge in [0.1, 0.15) is 5.56 Å². The van der Waals surface area contributed by atoms with Crippen molar-refractivity contribution in [1.29, 1.82) is 0 Å². The maximum Gasteiger partial charge on any atom is 0.258 e. The van der Waals surface area contributed by atoms with Crippen LogP contribution in [-0.4, -0.2) is 41.4 Å². The largest absolute Gasteiger partial charge is 0.477 e. The Labute approximate surface area is 180 Å². The topological polar surface area (TPSA) is 68.2 Å². The zero-order chi connectivity index (χ0) is 20.5. The van der Waals surface area contributed by atoms with Crippen molar-refractivity contribution in [3.63, 3.8) is 0 Å². The number of amides is 1. The van der Waals surface area contributed by atoms with Crippen LogP contribution in [0.3, 0.4) is 0 Å². The number of nitrogens with zero attached hydrogens (tertiary/aromatic N) is 2. The molecule has 30 heavy (non-hydrogen) atoms. The minimum atomic E-state index is 0.0201. The molecule has 1 aromatic rings. The highest BCUT2D eigenvalue weighted by atomic mass is 16.5. The smallest absolute Gasteiger partial charge is 0.258 e. The molecule has 5 fully saturated rings. The second kappa shape index (κ2) is 8.89. The van der Waals surface area contributed by atoms with Crippen LogP contribution in [0, 0.1) is 29.6 Å². The van der Waals surface area contributed by atoms with Gasteiger partial charge in [0.05, 0.1) is 12.8 Å². The predicted molar refractivity (Wildman–Crippen MR) is 117 cm³/mol. The summed E-state index contributed by atoms with van der Waals surface area (Å²) in [4.78, 5) is 13.3. The van der Waals surface area contributed by atoms with Gasteiger partial charge < -0.3 is 15.4 Å². The summed E-state index contributed by atoms with van der Waals surface area (Å²) in [5.41, 5.74) is 0.627. The molecule has 6 rings (SSSR count). The van der Waals surface area contributed by atoms with E-state index >= 15 is 0 Å². The molecule has 2 heterocycles. The quantitative estimate of drug-likeness (QED) is 0.682. The van der Waals surface area contributed by atoms with Gasteiger partial charge in [-0.25, -0.2) is 4.68 Å². The van der Waals surface area contributed by atoms with Gasteiger partial charge in [0, 0.05) is 12.6 Å². The first-order valence-corrected chi connectivity index (χ1v) is 12.4. The van der Waals surface area contributed by atoms with Gasteiger partial charge in [0.25, 0.3) is 5.91 Å². The number of aromatic nitrogens is 2. The van der Waals surface area contributed by atoms with Gasteiger partial charge in [-0.1, -0.05) is 6.92 Å². The highest BCUT2D eigenvalue weighted by Gasteiger charge is 2.48. The summed E-state index contributed by atoms with van der Waals surface area (Å²) < 4.78 is 7.99. The van der Waals surface area contributed by atoms with Gasteiger partial charge in [0.15, 0.2) is 0 Å². The van der Waals surface area contributed by atoms with Crippen LogP contribution in [0.25, 0.3) is 0 Å². The van der Waals surface area contributed by atoms with Crippen molar-refractivity contribution in [1.82, 2.24) is 20.4 Å². The average molecular weight is 415 g/mol. The van der Waals surface area contributed by atoms with Crippen LogP contribution in [0.15, 0.2) is 6.20 Å². The summed E-state index contributed by atoms with van der Waals surface area (Å²) in [5.74, 6) is 4.63. The number of aryl methyl sites for hydroxylation is 1. The third-order valence-corrected chi connectivity index (χ3v) is 8.21. The van der Waals surface area contributed by atoms with E-state index in [2.05, 4.69) is 22.7 Å². The minimum Gasteiger partial charge on any atom is -0.477 e. The van der Waals surface area contributed by atoms with Crippen molar-refractivity contribution in [3.05, 3.63) is 11.8 Å². The Kier molecular flexibility index (Phi) is 6.03. The molecule has 4 bridgehead atoms. The molecule has 0 atom stereocenters. The molecule has 1 amide bonds. The van der Waals surface area contributed by atoms with E-state index in [4.69, 9.17) is 4.74 Å². The second-order valence-corrected chi connectivity index (χ2v) is 10.3. The van der Waals surface area contributed by atoms with E-state index in [0.29, 0.717) is 35.9 Å². The molecule has 4 saturated carbocycles. The van der Waals surface area contributed by atoms with E-state index in [-0.39, 0.29) is 5.91 Å². The van der Waals surface area contributed by atoms with Crippen molar-refractivity contribution in [2.24, 2.45) is 29.6 Å². The third-order valence-electron chi connectivity index (χ3n) is 8.21. The van der Waals surface area contributed by atoms with Gasteiger partial charge in [-0.15, -0.1) is 0 Å². The Hall–Kier alpha value is -1.56. The molecule has 166 valence electrons. The number of hydrogen-bond acceptors (Lipinski definition) is 4. The zero-order valence-corrected chi connectivity index (χ0v) is 18.4. The van der Waals surface area contributed by atoms with Gasteiger partial charge in [0.2, 0.25) is 5.88 Å². The van der Waals surface area contributed by atoms with Crippen LogP contribution < -0.4 is 15.4 Å². The Morgan fingerprint density at radius 1 is 1.17 bits per heavy atom. The lowest BCUT2D eigenvalue weighted by Gasteiger charge is -2.54. The van der Waals surface area contributed by atoms with Crippen LogP contribution >= 0.6 is 0 Å².